The largest absolute Gasteiger partial charge is 0.496 e. The van der Waals surface area contributed by atoms with Gasteiger partial charge in [0.2, 0.25) is 5.91 Å². The Balaban J connectivity index is 1.68. The molecule has 22 heavy (non-hydrogen) atoms. The number of methoxy groups -OCH3 is 1. The molecule has 0 aliphatic carbocycles. The number of ether oxygens (including phenoxy) is 1. The molecule has 2 aliphatic rings. The monoisotopic (exact) mass is 310 g/mol. The van der Waals surface area contributed by atoms with Crippen LogP contribution in [0.15, 0.2) is 12.1 Å². The number of likely N-dealkylation sites (tertiary alicyclic amines) is 1. The number of amides is 1. The zero-order valence-electron chi connectivity index (χ0n) is 12.6. The van der Waals surface area contributed by atoms with E-state index in [1.54, 1.807) is 0 Å². The number of benzene rings is 1. The first-order valence-electron chi connectivity index (χ1n) is 7.53. The van der Waals surface area contributed by atoms with E-state index in [1.807, 2.05) is 0 Å². The highest BCUT2D eigenvalue weighted by Gasteiger charge is 2.40. The third kappa shape index (κ3) is 2.79. The highest BCUT2D eigenvalue weighted by molar-refractivity contribution is 5.79. The summed E-state index contributed by atoms with van der Waals surface area (Å²) in [6, 6.07) is 2.54. The van der Waals surface area contributed by atoms with Crippen molar-refractivity contribution in [2.24, 2.45) is 5.41 Å². The molecule has 1 aromatic rings. The third-order valence-corrected chi connectivity index (χ3v) is 4.87. The maximum absolute atomic E-state index is 14.0. The SMILES string of the molecule is COc1ccc(F)c(F)c1CN1CCC2(CC1)CNC(=O)C2. The molecule has 2 saturated heterocycles. The van der Waals surface area contributed by atoms with Crippen LogP contribution in [0.2, 0.25) is 0 Å². The summed E-state index contributed by atoms with van der Waals surface area (Å²) in [5.74, 6) is -1.20. The fourth-order valence-corrected chi connectivity index (χ4v) is 3.43. The quantitative estimate of drug-likeness (QED) is 0.929. The van der Waals surface area contributed by atoms with Crippen LogP contribution in [0, 0.1) is 17.0 Å². The Morgan fingerprint density at radius 3 is 2.64 bits per heavy atom. The number of rotatable bonds is 3. The topological polar surface area (TPSA) is 41.6 Å². The van der Waals surface area contributed by atoms with Crippen molar-refractivity contribution >= 4 is 5.91 Å². The van der Waals surface area contributed by atoms with Gasteiger partial charge in [0.1, 0.15) is 5.75 Å². The van der Waals surface area contributed by atoms with Gasteiger partial charge in [0.15, 0.2) is 11.6 Å². The van der Waals surface area contributed by atoms with Crippen LogP contribution < -0.4 is 10.1 Å². The molecule has 120 valence electrons. The van der Waals surface area contributed by atoms with Gasteiger partial charge in [0.05, 0.1) is 7.11 Å². The lowest BCUT2D eigenvalue weighted by Gasteiger charge is -2.38. The lowest BCUT2D eigenvalue weighted by Crippen LogP contribution is -2.41. The summed E-state index contributed by atoms with van der Waals surface area (Å²) < 4.78 is 32.6. The maximum Gasteiger partial charge on any atom is 0.220 e. The maximum atomic E-state index is 14.0. The van der Waals surface area contributed by atoms with E-state index >= 15 is 0 Å². The molecule has 1 N–H and O–H groups in total. The van der Waals surface area contributed by atoms with Crippen LogP contribution >= 0.6 is 0 Å². The van der Waals surface area contributed by atoms with Gasteiger partial charge >= 0.3 is 0 Å². The van der Waals surface area contributed by atoms with Gasteiger partial charge in [-0.3, -0.25) is 9.69 Å². The molecule has 4 nitrogen and oxygen atoms in total. The summed E-state index contributed by atoms with van der Waals surface area (Å²) in [7, 11) is 1.46. The van der Waals surface area contributed by atoms with Crippen molar-refractivity contribution in [3.63, 3.8) is 0 Å². The molecule has 0 aromatic heterocycles. The first kappa shape index (κ1) is 15.2. The van der Waals surface area contributed by atoms with E-state index in [1.165, 1.54) is 13.2 Å². The molecule has 0 radical (unpaired) electrons. The van der Waals surface area contributed by atoms with E-state index in [4.69, 9.17) is 4.74 Å². The van der Waals surface area contributed by atoms with Crippen LogP contribution in [0.3, 0.4) is 0 Å². The number of hydrogen-bond acceptors (Lipinski definition) is 3. The molecule has 3 rings (SSSR count). The van der Waals surface area contributed by atoms with Gasteiger partial charge in [-0.1, -0.05) is 0 Å². The summed E-state index contributed by atoms with van der Waals surface area (Å²) in [4.78, 5) is 13.5. The summed E-state index contributed by atoms with van der Waals surface area (Å²) in [6.45, 7) is 2.60. The van der Waals surface area contributed by atoms with Crippen LogP contribution in [0.25, 0.3) is 0 Å². The average molecular weight is 310 g/mol. The molecule has 1 amide bonds. The van der Waals surface area contributed by atoms with Gasteiger partial charge in [-0.2, -0.15) is 0 Å². The van der Waals surface area contributed by atoms with Crippen molar-refractivity contribution in [2.75, 3.05) is 26.7 Å². The fourth-order valence-electron chi connectivity index (χ4n) is 3.43. The first-order chi connectivity index (χ1) is 10.5. The standard InChI is InChI=1S/C16H20F2N2O2/c1-22-13-3-2-12(17)15(18)11(13)9-20-6-4-16(5-7-20)8-14(21)19-10-16/h2-3H,4-10H2,1H3,(H,19,21). The minimum absolute atomic E-state index is 0.0537. The molecular weight excluding hydrogens is 290 g/mol. The van der Waals surface area contributed by atoms with E-state index in [2.05, 4.69) is 10.2 Å². The van der Waals surface area contributed by atoms with Gasteiger partial charge in [0, 0.05) is 25.1 Å². The molecule has 0 unspecified atom stereocenters. The Bertz CT molecular complexity index is 584. The van der Waals surface area contributed by atoms with Crippen LogP contribution in [0.4, 0.5) is 8.78 Å². The predicted molar refractivity (Wildman–Crippen MR) is 77.5 cm³/mol. The van der Waals surface area contributed by atoms with E-state index in [0.717, 1.165) is 38.5 Å². The van der Waals surface area contributed by atoms with Crippen LogP contribution in [0.5, 0.6) is 5.75 Å². The van der Waals surface area contributed by atoms with Crippen molar-refractivity contribution in [1.29, 1.82) is 0 Å². The molecule has 6 heteroatoms. The van der Waals surface area contributed by atoms with E-state index in [-0.39, 0.29) is 16.9 Å². The Hall–Kier alpha value is -1.69. The van der Waals surface area contributed by atoms with Gasteiger partial charge in [-0.15, -0.1) is 0 Å². The highest BCUT2D eigenvalue weighted by Crippen LogP contribution is 2.38. The molecule has 1 aromatic carbocycles. The first-order valence-corrected chi connectivity index (χ1v) is 7.53. The van der Waals surface area contributed by atoms with Crippen LogP contribution in [0.1, 0.15) is 24.8 Å². The summed E-state index contributed by atoms with van der Waals surface area (Å²) in [5.41, 5.74) is 0.317. The van der Waals surface area contributed by atoms with Crippen LogP contribution in [-0.2, 0) is 11.3 Å². The average Bonchev–Trinajstić information content (AvgIpc) is 2.87. The zero-order chi connectivity index (χ0) is 15.7. The Morgan fingerprint density at radius 2 is 2.05 bits per heavy atom. The van der Waals surface area contributed by atoms with Crippen molar-refractivity contribution in [3.05, 3.63) is 29.3 Å². The summed E-state index contributed by atoms with van der Waals surface area (Å²) in [5, 5.41) is 2.89. The number of hydrogen-bond donors (Lipinski definition) is 1. The molecule has 1 spiro atoms. The molecule has 2 fully saturated rings. The predicted octanol–water partition coefficient (Wildman–Crippen LogP) is 2.08. The molecule has 2 aliphatic heterocycles. The second-order valence-electron chi connectivity index (χ2n) is 6.27. The third-order valence-electron chi connectivity index (χ3n) is 4.87. The van der Waals surface area contributed by atoms with Gasteiger partial charge in [-0.05, 0) is 43.5 Å². The summed E-state index contributed by atoms with van der Waals surface area (Å²) in [6.07, 6.45) is 2.37. The molecular formula is C16H20F2N2O2. The smallest absolute Gasteiger partial charge is 0.220 e. The number of carbonyl (C=O) groups excluding carboxylic acids is 1. The number of halogens is 2. The number of piperidine rings is 1. The van der Waals surface area contributed by atoms with Crippen LogP contribution in [-0.4, -0.2) is 37.6 Å². The minimum atomic E-state index is -0.852. The Labute approximate surface area is 128 Å². The van der Waals surface area contributed by atoms with E-state index in [9.17, 15) is 13.6 Å². The van der Waals surface area contributed by atoms with Gasteiger partial charge < -0.3 is 10.1 Å². The Kier molecular flexibility index (Phi) is 4.04. The van der Waals surface area contributed by atoms with Crippen molar-refractivity contribution in [3.8, 4) is 5.75 Å². The summed E-state index contributed by atoms with van der Waals surface area (Å²) >= 11 is 0. The lowest BCUT2D eigenvalue weighted by atomic mass is 9.77. The number of nitrogens with one attached hydrogen (secondary N) is 1. The van der Waals surface area contributed by atoms with Gasteiger partial charge in [0.25, 0.3) is 0 Å². The molecule has 0 saturated carbocycles. The fraction of sp³-hybridized carbons (Fsp3) is 0.562. The second-order valence-corrected chi connectivity index (χ2v) is 6.27. The van der Waals surface area contributed by atoms with Crippen molar-refractivity contribution in [1.82, 2.24) is 10.2 Å². The molecule has 2 heterocycles. The van der Waals surface area contributed by atoms with Crippen molar-refractivity contribution in [2.45, 2.75) is 25.8 Å². The van der Waals surface area contributed by atoms with Gasteiger partial charge in [-0.25, -0.2) is 8.78 Å². The second kappa shape index (κ2) is 5.83. The lowest BCUT2D eigenvalue weighted by molar-refractivity contribution is -0.119. The highest BCUT2D eigenvalue weighted by atomic mass is 19.2. The van der Waals surface area contributed by atoms with Crippen molar-refractivity contribution < 1.29 is 18.3 Å². The van der Waals surface area contributed by atoms with E-state index in [0.29, 0.717) is 18.7 Å². The molecule has 0 bridgehead atoms. The Morgan fingerprint density at radius 1 is 1.32 bits per heavy atom. The number of nitrogens with zero attached hydrogens (tertiary/aromatic N) is 1. The molecule has 0 atom stereocenters. The minimum Gasteiger partial charge on any atom is -0.496 e. The zero-order valence-corrected chi connectivity index (χ0v) is 12.6. The normalized spacial score (nSPS) is 21.1. The number of carbonyl (C=O) groups is 1. The van der Waals surface area contributed by atoms with E-state index < -0.39 is 11.6 Å².